The Morgan fingerprint density at radius 3 is 2.69 bits per heavy atom. The number of methoxy groups -OCH3 is 1. The van der Waals surface area contributed by atoms with Crippen molar-refractivity contribution in [2.75, 3.05) is 26.0 Å². The maximum atomic E-state index is 12.3. The Labute approximate surface area is 191 Å². The van der Waals surface area contributed by atoms with Crippen molar-refractivity contribution in [1.82, 2.24) is 30.4 Å². The van der Waals surface area contributed by atoms with Crippen molar-refractivity contribution in [2.45, 2.75) is 24.9 Å². The van der Waals surface area contributed by atoms with E-state index in [1.165, 1.54) is 18.9 Å². The maximum Gasteiger partial charge on any atom is 0.321 e. The topological polar surface area (TPSA) is 111 Å². The molecule has 0 aliphatic carbocycles. The summed E-state index contributed by atoms with van der Waals surface area (Å²) in [7, 11) is 1.54. The summed E-state index contributed by atoms with van der Waals surface area (Å²) >= 11 is 1.21. The molecule has 0 radical (unpaired) electrons. The van der Waals surface area contributed by atoms with Crippen LogP contribution in [0.5, 0.6) is 0 Å². The van der Waals surface area contributed by atoms with Gasteiger partial charge in [-0.05, 0) is 29.7 Å². The Balaban J connectivity index is 1.85. The molecule has 3 amide bonds. The van der Waals surface area contributed by atoms with Crippen LogP contribution in [0.2, 0.25) is 0 Å². The number of nitrogens with zero attached hydrogens (tertiary/aromatic N) is 4. The number of urea groups is 1. The minimum absolute atomic E-state index is 0.00666. The van der Waals surface area contributed by atoms with Crippen molar-refractivity contribution in [3.8, 4) is 17.1 Å². The molecule has 0 aliphatic heterocycles. The van der Waals surface area contributed by atoms with Gasteiger partial charge in [0, 0.05) is 31.6 Å². The normalized spacial score (nSPS) is 10.9. The highest BCUT2D eigenvalue weighted by Gasteiger charge is 2.20. The number of benzene rings is 1. The predicted molar refractivity (Wildman–Crippen MR) is 123 cm³/mol. The van der Waals surface area contributed by atoms with Crippen LogP contribution in [0.3, 0.4) is 0 Å². The Morgan fingerprint density at radius 1 is 1.16 bits per heavy atom. The highest BCUT2D eigenvalue weighted by atomic mass is 32.2. The Kier molecular flexibility index (Phi) is 8.34. The molecule has 2 heterocycles. The van der Waals surface area contributed by atoms with Crippen LogP contribution in [-0.2, 0) is 9.53 Å². The van der Waals surface area contributed by atoms with Crippen LogP contribution in [-0.4, -0.2) is 57.7 Å². The van der Waals surface area contributed by atoms with E-state index >= 15 is 0 Å². The number of para-hydroxylation sites is 1. The number of hydrogen-bond donors (Lipinski definition) is 2. The molecule has 0 spiro atoms. The Hall–Kier alpha value is -3.24. The van der Waals surface area contributed by atoms with Crippen molar-refractivity contribution in [3.05, 3.63) is 54.4 Å². The van der Waals surface area contributed by atoms with Gasteiger partial charge < -0.3 is 10.1 Å². The van der Waals surface area contributed by atoms with E-state index in [2.05, 4.69) is 45.7 Å². The quantitative estimate of drug-likeness (QED) is 0.378. The molecule has 3 aromatic rings. The Bertz CT molecular complexity index is 1050. The molecule has 0 unspecified atom stereocenters. The molecule has 32 heavy (non-hydrogen) atoms. The smallest absolute Gasteiger partial charge is 0.321 e. The third-order valence-electron chi connectivity index (χ3n) is 4.53. The largest absolute Gasteiger partial charge is 0.383 e. The van der Waals surface area contributed by atoms with Crippen molar-refractivity contribution in [3.63, 3.8) is 0 Å². The van der Waals surface area contributed by atoms with Gasteiger partial charge in [-0.25, -0.2) is 4.79 Å². The average molecular weight is 455 g/mol. The number of carbonyl (C=O) groups excluding carboxylic acids is 2. The molecule has 2 aromatic heterocycles. The summed E-state index contributed by atoms with van der Waals surface area (Å²) in [6.45, 7) is 4.92. The van der Waals surface area contributed by atoms with E-state index < -0.39 is 11.9 Å². The number of rotatable bonds is 9. The highest BCUT2D eigenvalue weighted by Crippen LogP contribution is 2.31. The van der Waals surface area contributed by atoms with Gasteiger partial charge in [0.05, 0.1) is 18.0 Å². The molecule has 168 valence electrons. The van der Waals surface area contributed by atoms with E-state index in [4.69, 9.17) is 4.74 Å². The van der Waals surface area contributed by atoms with Gasteiger partial charge in [0.25, 0.3) is 0 Å². The zero-order chi connectivity index (χ0) is 22.9. The number of carbonyl (C=O) groups is 2. The molecule has 0 fully saturated rings. The minimum atomic E-state index is -0.560. The molecule has 9 nitrogen and oxygen atoms in total. The van der Waals surface area contributed by atoms with E-state index in [1.54, 1.807) is 12.4 Å². The average Bonchev–Trinajstić information content (AvgIpc) is 3.22. The van der Waals surface area contributed by atoms with Gasteiger partial charge in [-0.3, -0.25) is 19.7 Å². The monoisotopic (exact) mass is 454 g/mol. The summed E-state index contributed by atoms with van der Waals surface area (Å²) in [6, 6.07) is 11.2. The summed E-state index contributed by atoms with van der Waals surface area (Å²) in [5, 5.41) is 14.1. The summed E-state index contributed by atoms with van der Waals surface area (Å²) in [5.41, 5.74) is 2.88. The van der Waals surface area contributed by atoms with Crippen molar-refractivity contribution >= 4 is 23.7 Å². The van der Waals surface area contributed by atoms with E-state index in [0.717, 1.165) is 16.8 Å². The minimum Gasteiger partial charge on any atom is -0.383 e. The van der Waals surface area contributed by atoms with Gasteiger partial charge in [-0.15, -0.1) is 10.2 Å². The second-order valence-corrected chi connectivity index (χ2v) is 8.12. The fourth-order valence-corrected chi connectivity index (χ4v) is 3.79. The summed E-state index contributed by atoms with van der Waals surface area (Å²) in [6.07, 6.45) is 3.42. The molecule has 0 saturated carbocycles. The maximum absolute atomic E-state index is 12.3. The zero-order valence-corrected chi connectivity index (χ0v) is 19.1. The van der Waals surface area contributed by atoms with Crippen LogP contribution in [0.25, 0.3) is 17.1 Å². The number of amides is 3. The van der Waals surface area contributed by atoms with Crippen molar-refractivity contribution in [2.24, 2.45) is 0 Å². The van der Waals surface area contributed by atoms with Gasteiger partial charge in [0.1, 0.15) is 0 Å². The van der Waals surface area contributed by atoms with Gasteiger partial charge in [0.2, 0.25) is 5.91 Å². The van der Waals surface area contributed by atoms with E-state index in [9.17, 15) is 9.59 Å². The number of nitrogens with one attached hydrogen (secondary N) is 2. The van der Waals surface area contributed by atoms with E-state index in [0.29, 0.717) is 24.1 Å². The Morgan fingerprint density at radius 2 is 1.97 bits per heavy atom. The molecule has 0 saturated heterocycles. The molecular formula is C22H26N6O3S. The molecular weight excluding hydrogens is 428 g/mol. The van der Waals surface area contributed by atoms with E-state index in [-0.39, 0.29) is 11.7 Å². The summed E-state index contributed by atoms with van der Waals surface area (Å²) < 4.78 is 6.80. The van der Waals surface area contributed by atoms with Gasteiger partial charge in [-0.1, -0.05) is 43.8 Å². The number of imide groups is 1. The molecule has 0 bridgehead atoms. The molecule has 10 heteroatoms. The number of thioether (sulfide) groups is 1. The standard InChI is InChI=1S/C22H26N6O3S/c1-15(2)17-8-4-5-9-18(17)28-20(16-7-6-10-23-13-16)26-27-22(28)32-14-19(29)25-21(30)24-11-12-31-3/h4-10,13,15H,11-12,14H2,1-3H3,(H2,24,25,29,30). The highest BCUT2D eigenvalue weighted by molar-refractivity contribution is 7.99. The first-order valence-electron chi connectivity index (χ1n) is 10.2. The van der Waals surface area contributed by atoms with Crippen LogP contribution >= 0.6 is 11.8 Å². The molecule has 2 N–H and O–H groups in total. The van der Waals surface area contributed by atoms with Crippen molar-refractivity contribution in [1.29, 1.82) is 0 Å². The fourth-order valence-electron chi connectivity index (χ4n) is 3.05. The second kappa shape index (κ2) is 11.4. The third-order valence-corrected chi connectivity index (χ3v) is 5.46. The number of ether oxygens (including phenoxy) is 1. The van der Waals surface area contributed by atoms with Crippen LogP contribution in [0.1, 0.15) is 25.3 Å². The lowest BCUT2D eigenvalue weighted by Crippen LogP contribution is -2.41. The lowest BCUT2D eigenvalue weighted by atomic mass is 10.0. The van der Waals surface area contributed by atoms with Crippen molar-refractivity contribution < 1.29 is 14.3 Å². The first-order chi connectivity index (χ1) is 15.5. The third kappa shape index (κ3) is 5.92. The summed E-state index contributed by atoms with van der Waals surface area (Å²) in [4.78, 5) is 28.3. The SMILES string of the molecule is COCCNC(=O)NC(=O)CSc1nnc(-c2cccnc2)n1-c1ccccc1C(C)C. The van der Waals surface area contributed by atoms with Gasteiger partial charge in [0.15, 0.2) is 11.0 Å². The van der Waals surface area contributed by atoms with Crippen LogP contribution in [0, 0.1) is 0 Å². The second-order valence-electron chi connectivity index (χ2n) is 7.18. The van der Waals surface area contributed by atoms with Crippen LogP contribution in [0.15, 0.2) is 53.9 Å². The first-order valence-corrected chi connectivity index (χ1v) is 11.1. The molecule has 0 atom stereocenters. The fraction of sp³-hybridized carbons (Fsp3) is 0.318. The zero-order valence-electron chi connectivity index (χ0n) is 18.2. The molecule has 3 rings (SSSR count). The lowest BCUT2D eigenvalue weighted by Gasteiger charge is -2.16. The van der Waals surface area contributed by atoms with E-state index in [1.807, 2.05) is 34.9 Å². The molecule has 1 aromatic carbocycles. The number of aromatic nitrogens is 4. The van der Waals surface area contributed by atoms with Crippen LogP contribution < -0.4 is 10.6 Å². The van der Waals surface area contributed by atoms with Gasteiger partial charge >= 0.3 is 6.03 Å². The predicted octanol–water partition coefficient (Wildman–Crippen LogP) is 3.02. The van der Waals surface area contributed by atoms with Crippen LogP contribution in [0.4, 0.5) is 4.79 Å². The first kappa shape index (κ1) is 23.4. The number of pyridine rings is 1. The van der Waals surface area contributed by atoms with Gasteiger partial charge in [-0.2, -0.15) is 0 Å². The summed E-state index contributed by atoms with van der Waals surface area (Å²) in [5.74, 6) is 0.477. The number of hydrogen-bond acceptors (Lipinski definition) is 7. The lowest BCUT2D eigenvalue weighted by molar-refractivity contribution is -0.117. The molecule has 0 aliphatic rings.